The largest absolute Gasteiger partial charge is 0.478 e. The normalized spacial score (nSPS) is 9.83. The lowest BCUT2D eigenvalue weighted by atomic mass is 10.2. The Balaban J connectivity index is 2.48. The molecule has 0 aliphatic rings. The van der Waals surface area contributed by atoms with Crippen LogP contribution < -0.4 is 10.6 Å². The summed E-state index contributed by atoms with van der Waals surface area (Å²) < 4.78 is 4.78. The van der Waals surface area contributed by atoms with E-state index in [2.05, 4.69) is 15.6 Å². The SMILES string of the molecule is COCCNC(=O)CNc1ncccc1C(=O)O. The quantitative estimate of drug-likeness (QED) is 0.589. The highest BCUT2D eigenvalue weighted by atomic mass is 16.5. The standard InChI is InChI=1S/C11H15N3O4/c1-18-6-5-12-9(15)7-14-10-8(11(16)17)3-2-4-13-10/h2-4H,5-7H2,1H3,(H,12,15)(H,13,14)(H,16,17). The van der Waals surface area contributed by atoms with Crippen LogP contribution in [0.1, 0.15) is 10.4 Å². The molecule has 0 atom stereocenters. The zero-order valence-electron chi connectivity index (χ0n) is 9.97. The lowest BCUT2D eigenvalue weighted by Crippen LogP contribution is -2.32. The summed E-state index contributed by atoms with van der Waals surface area (Å²) >= 11 is 0. The Bertz CT molecular complexity index is 423. The van der Waals surface area contributed by atoms with Gasteiger partial charge in [0.1, 0.15) is 11.4 Å². The van der Waals surface area contributed by atoms with Crippen LogP contribution >= 0.6 is 0 Å². The second-order valence-corrected chi connectivity index (χ2v) is 3.40. The number of aromatic nitrogens is 1. The molecule has 7 nitrogen and oxygen atoms in total. The lowest BCUT2D eigenvalue weighted by molar-refractivity contribution is -0.119. The van der Waals surface area contributed by atoms with Crippen LogP contribution in [0.2, 0.25) is 0 Å². The predicted molar refractivity (Wildman–Crippen MR) is 64.6 cm³/mol. The van der Waals surface area contributed by atoms with E-state index >= 15 is 0 Å². The average Bonchev–Trinajstić information content (AvgIpc) is 2.37. The molecule has 98 valence electrons. The fourth-order valence-corrected chi connectivity index (χ4v) is 1.24. The van der Waals surface area contributed by atoms with Gasteiger partial charge in [0.2, 0.25) is 5.91 Å². The minimum Gasteiger partial charge on any atom is -0.478 e. The van der Waals surface area contributed by atoms with Crippen molar-refractivity contribution in [3.63, 3.8) is 0 Å². The number of pyridine rings is 1. The van der Waals surface area contributed by atoms with Crippen LogP contribution in [0.3, 0.4) is 0 Å². The summed E-state index contributed by atoms with van der Waals surface area (Å²) in [4.78, 5) is 26.1. The third-order valence-corrected chi connectivity index (χ3v) is 2.08. The number of methoxy groups -OCH3 is 1. The van der Waals surface area contributed by atoms with Crippen molar-refractivity contribution >= 4 is 17.7 Å². The van der Waals surface area contributed by atoms with Gasteiger partial charge in [0.05, 0.1) is 13.2 Å². The fourth-order valence-electron chi connectivity index (χ4n) is 1.24. The van der Waals surface area contributed by atoms with E-state index in [0.717, 1.165) is 0 Å². The number of nitrogens with one attached hydrogen (secondary N) is 2. The highest BCUT2D eigenvalue weighted by Gasteiger charge is 2.10. The highest BCUT2D eigenvalue weighted by molar-refractivity contribution is 5.93. The first-order chi connectivity index (χ1) is 8.65. The van der Waals surface area contributed by atoms with Gasteiger partial charge in [0.15, 0.2) is 0 Å². The molecule has 1 heterocycles. The zero-order chi connectivity index (χ0) is 13.4. The third-order valence-electron chi connectivity index (χ3n) is 2.08. The summed E-state index contributed by atoms with van der Waals surface area (Å²) in [6.07, 6.45) is 1.46. The van der Waals surface area contributed by atoms with Crippen molar-refractivity contribution in [2.24, 2.45) is 0 Å². The molecule has 7 heteroatoms. The zero-order valence-corrected chi connectivity index (χ0v) is 9.97. The van der Waals surface area contributed by atoms with Crippen molar-refractivity contribution in [1.82, 2.24) is 10.3 Å². The number of carboxylic acid groups (broad SMARTS) is 1. The van der Waals surface area contributed by atoms with Crippen molar-refractivity contribution in [3.8, 4) is 0 Å². The molecule has 18 heavy (non-hydrogen) atoms. The Labute approximate surface area is 104 Å². The number of hydrogen-bond acceptors (Lipinski definition) is 5. The molecule has 0 bridgehead atoms. The third kappa shape index (κ3) is 4.38. The Morgan fingerprint density at radius 2 is 2.28 bits per heavy atom. The van der Waals surface area contributed by atoms with Gasteiger partial charge < -0.3 is 20.5 Å². The van der Waals surface area contributed by atoms with Crippen molar-refractivity contribution in [3.05, 3.63) is 23.9 Å². The van der Waals surface area contributed by atoms with Crippen LogP contribution in [0.5, 0.6) is 0 Å². The van der Waals surface area contributed by atoms with Gasteiger partial charge in [-0.1, -0.05) is 0 Å². The molecule has 0 saturated heterocycles. The number of carboxylic acids is 1. The van der Waals surface area contributed by atoms with E-state index in [-0.39, 0.29) is 23.8 Å². The first-order valence-electron chi connectivity index (χ1n) is 5.33. The smallest absolute Gasteiger partial charge is 0.339 e. The van der Waals surface area contributed by atoms with E-state index in [1.165, 1.54) is 25.4 Å². The summed E-state index contributed by atoms with van der Waals surface area (Å²) in [5.41, 5.74) is 0.0298. The number of aromatic carboxylic acids is 1. The molecule has 1 aromatic rings. The van der Waals surface area contributed by atoms with Crippen LogP contribution in [0, 0.1) is 0 Å². The number of carbonyl (C=O) groups is 2. The van der Waals surface area contributed by atoms with Gasteiger partial charge in [-0.15, -0.1) is 0 Å². The number of rotatable bonds is 7. The van der Waals surface area contributed by atoms with E-state index in [0.29, 0.717) is 13.2 Å². The molecule has 0 unspecified atom stereocenters. The molecule has 0 aromatic carbocycles. The minimum atomic E-state index is -1.09. The molecule has 3 N–H and O–H groups in total. The molecule has 0 aliphatic carbocycles. The molecule has 1 amide bonds. The summed E-state index contributed by atoms with van der Waals surface area (Å²) in [5.74, 6) is -1.17. The second-order valence-electron chi connectivity index (χ2n) is 3.40. The van der Waals surface area contributed by atoms with Crippen LogP contribution in [-0.4, -0.2) is 48.8 Å². The van der Waals surface area contributed by atoms with E-state index in [9.17, 15) is 9.59 Å². The Morgan fingerprint density at radius 3 is 2.94 bits per heavy atom. The van der Waals surface area contributed by atoms with E-state index in [1.807, 2.05) is 0 Å². The molecule has 1 aromatic heterocycles. The monoisotopic (exact) mass is 253 g/mol. The molecular weight excluding hydrogens is 238 g/mol. The van der Waals surface area contributed by atoms with Crippen molar-refractivity contribution in [2.45, 2.75) is 0 Å². The molecule has 0 saturated carbocycles. The van der Waals surface area contributed by atoms with Gasteiger partial charge in [-0.2, -0.15) is 0 Å². The van der Waals surface area contributed by atoms with Crippen LogP contribution in [0.25, 0.3) is 0 Å². The Morgan fingerprint density at radius 1 is 1.50 bits per heavy atom. The van der Waals surface area contributed by atoms with Gasteiger partial charge in [0.25, 0.3) is 0 Å². The Hall–Kier alpha value is -2.15. The van der Waals surface area contributed by atoms with E-state index < -0.39 is 5.97 Å². The number of carbonyl (C=O) groups excluding carboxylic acids is 1. The van der Waals surface area contributed by atoms with Crippen LogP contribution in [0.4, 0.5) is 5.82 Å². The second kappa shape index (κ2) is 7.23. The number of ether oxygens (including phenoxy) is 1. The topological polar surface area (TPSA) is 101 Å². The number of amides is 1. The van der Waals surface area contributed by atoms with Crippen LogP contribution in [-0.2, 0) is 9.53 Å². The number of nitrogens with zero attached hydrogens (tertiary/aromatic N) is 1. The number of anilines is 1. The van der Waals surface area contributed by atoms with Gasteiger partial charge >= 0.3 is 5.97 Å². The molecule has 0 spiro atoms. The maximum Gasteiger partial charge on any atom is 0.339 e. The van der Waals surface area contributed by atoms with Crippen molar-refractivity contribution < 1.29 is 19.4 Å². The van der Waals surface area contributed by atoms with Gasteiger partial charge in [-0.25, -0.2) is 9.78 Å². The average molecular weight is 253 g/mol. The molecule has 0 fully saturated rings. The maximum atomic E-state index is 11.4. The summed E-state index contributed by atoms with van der Waals surface area (Å²) in [5, 5.41) is 14.2. The highest BCUT2D eigenvalue weighted by Crippen LogP contribution is 2.10. The number of hydrogen-bond donors (Lipinski definition) is 3. The summed E-state index contributed by atoms with van der Waals surface area (Å²) in [7, 11) is 1.54. The van der Waals surface area contributed by atoms with Crippen LogP contribution in [0.15, 0.2) is 18.3 Å². The summed E-state index contributed by atoms with van der Waals surface area (Å²) in [6.45, 7) is 0.793. The molecule has 0 aliphatic heterocycles. The first kappa shape index (κ1) is 13.9. The first-order valence-corrected chi connectivity index (χ1v) is 5.33. The van der Waals surface area contributed by atoms with Crippen molar-refractivity contribution in [2.75, 3.05) is 32.1 Å². The van der Waals surface area contributed by atoms with E-state index in [1.54, 1.807) is 0 Å². The van der Waals surface area contributed by atoms with Gasteiger partial charge in [-0.05, 0) is 12.1 Å². The van der Waals surface area contributed by atoms with Crippen molar-refractivity contribution in [1.29, 1.82) is 0 Å². The van der Waals surface area contributed by atoms with E-state index in [4.69, 9.17) is 9.84 Å². The maximum absolute atomic E-state index is 11.4. The Kier molecular flexibility index (Phi) is 5.59. The fraction of sp³-hybridized carbons (Fsp3) is 0.364. The predicted octanol–water partition coefficient (Wildman–Crippen LogP) is -0.0457. The molecular formula is C11H15N3O4. The van der Waals surface area contributed by atoms with Gasteiger partial charge in [0, 0.05) is 19.9 Å². The van der Waals surface area contributed by atoms with Gasteiger partial charge in [-0.3, -0.25) is 4.79 Å². The molecule has 0 radical (unpaired) electrons. The minimum absolute atomic E-state index is 0.0298. The molecule has 1 rings (SSSR count). The summed E-state index contributed by atoms with van der Waals surface area (Å²) in [6, 6.07) is 2.94. The lowest BCUT2D eigenvalue weighted by Gasteiger charge is -2.08.